The number of carbonyl (C=O) groups excluding carboxylic acids is 1. The van der Waals surface area contributed by atoms with E-state index in [9.17, 15) is 14.3 Å². The van der Waals surface area contributed by atoms with E-state index in [-0.39, 0.29) is 6.61 Å². The Morgan fingerprint density at radius 3 is 2.77 bits per heavy atom. The molecule has 1 fully saturated rings. The molecule has 0 amide bonds. The van der Waals surface area contributed by atoms with Crippen LogP contribution in [0.1, 0.15) is 30.1 Å². The highest BCUT2D eigenvalue weighted by atomic mass is 19.1. The summed E-state index contributed by atoms with van der Waals surface area (Å²) in [6, 6.07) is 8.23. The van der Waals surface area contributed by atoms with Crippen molar-refractivity contribution in [3.63, 3.8) is 0 Å². The minimum atomic E-state index is -1.62. The maximum atomic E-state index is 14.2. The molecule has 5 nitrogen and oxygen atoms in total. The lowest BCUT2D eigenvalue weighted by molar-refractivity contribution is -0.138. The fourth-order valence-corrected chi connectivity index (χ4v) is 2.17. The van der Waals surface area contributed by atoms with Crippen molar-refractivity contribution in [2.75, 3.05) is 13.2 Å². The number of rotatable bonds is 7. The summed E-state index contributed by atoms with van der Waals surface area (Å²) in [5, 5.41) is 9.73. The Morgan fingerprint density at radius 1 is 1.36 bits per heavy atom. The SMILES string of the molecule is CCCCOC[C@H]1O[C@H](O)[C@H](OC(=O)c2ccccc2)[C@@H]1F. The van der Waals surface area contributed by atoms with Gasteiger partial charge in [0.2, 0.25) is 0 Å². The van der Waals surface area contributed by atoms with E-state index in [2.05, 4.69) is 0 Å². The maximum absolute atomic E-state index is 14.2. The summed E-state index contributed by atoms with van der Waals surface area (Å²) in [7, 11) is 0. The molecular formula is C16H21FO5. The van der Waals surface area contributed by atoms with Gasteiger partial charge < -0.3 is 19.3 Å². The van der Waals surface area contributed by atoms with Crippen LogP contribution in [0.3, 0.4) is 0 Å². The lowest BCUT2D eigenvalue weighted by atomic mass is 10.1. The van der Waals surface area contributed by atoms with Gasteiger partial charge in [-0.05, 0) is 18.6 Å². The van der Waals surface area contributed by atoms with E-state index in [0.29, 0.717) is 12.2 Å². The number of aliphatic hydroxyl groups excluding tert-OH is 1. The van der Waals surface area contributed by atoms with E-state index in [1.165, 1.54) is 0 Å². The maximum Gasteiger partial charge on any atom is 0.338 e. The molecule has 0 bridgehead atoms. The van der Waals surface area contributed by atoms with Gasteiger partial charge in [0.25, 0.3) is 0 Å². The van der Waals surface area contributed by atoms with Crippen LogP contribution in [0.5, 0.6) is 0 Å². The third kappa shape index (κ3) is 4.25. The largest absolute Gasteiger partial charge is 0.450 e. The van der Waals surface area contributed by atoms with E-state index in [1.54, 1.807) is 30.3 Å². The predicted octanol–water partition coefficient (Wildman–Crippen LogP) is 2.08. The monoisotopic (exact) mass is 312 g/mol. The van der Waals surface area contributed by atoms with Crippen LogP contribution in [0.4, 0.5) is 4.39 Å². The second-order valence-corrected chi connectivity index (χ2v) is 5.17. The van der Waals surface area contributed by atoms with Crippen molar-refractivity contribution in [1.82, 2.24) is 0 Å². The highest BCUT2D eigenvalue weighted by Gasteiger charge is 2.47. The number of carbonyl (C=O) groups is 1. The molecule has 1 aromatic rings. The molecule has 6 heteroatoms. The number of alkyl halides is 1. The number of benzene rings is 1. The zero-order valence-corrected chi connectivity index (χ0v) is 12.5. The third-order valence-corrected chi connectivity index (χ3v) is 3.44. The van der Waals surface area contributed by atoms with Gasteiger partial charge in [-0.3, -0.25) is 0 Å². The van der Waals surface area contributed by atoms with Gasteiger partial charge in [-0.15, -0.1) is 0 Å². The van der Waals surface area contributed by atoms with Crippen molar-refractivity contribution in [2.24, 2.45) is 0 Å². The molecule has 1 aliphatic rings. The molecule has 122 valence electrons. The molecule has 0 saturated carbocycles. The first-order valence-corrected chi connectivity index (χ1v) is 7.45. The van der Waals surface area contributed by atoms with Crippen molar-refractivity contribution in [3.8, 4) is 0 Å². The predicted molar refractivity (Wildman–Crippen MR) is 77.1 cm³/mol. The zero-order valence-electron chi connectivity index (χ0n) is 12.5. The molecule has 0 aromatic heterocycles. The molecule has 0 radical (unpaired) electrons. The molecule has 1 saturated heterocycles. The van der Waals surface area contributed by atoms with Crippen LogP contribution >= 0.6 is 0 Å². The van der Waals surface area contributed by atoms with Crippen LogP contribution in [0.15, 0.2) is 30.3 Å². The van der Waals surface area contributed by atoms with Crippen LogP contribution in [0.2, 0.25) is 0 Å². The van der Waals surface area contributed by atoms with Gasteiger partial charge >= 0.3 is 5.97 Å². The number of aliphatic hydroxyl groups is 1. The average molecular weight is 312 g/mol. The minimum absolute atomic E-state index is 0.0254. The molecule has 1 heterocycles. The normalized spacial score (nSPS) is 27.8. The van der Waals surface area contributed by atoms with Crippen LogP contribution in [-0.2, 0) is 14.2 Å². The summed E-state index contributed by atoms with van der Waals surface area (Å²) >= 11 is 0. The van der Waals surface area contributed by atoms with Gasteiger partial charge in [-0.25, -0.2) is 9.18 Å². The first kappa shape index (κ1) is 16.9. The Kier molecular flexibility index (Phi) is 6.30. The number of ether oxygens (including phenoxy) is 3. The van der Waals surface area contributed by atoms with Gasteiger partial charge in [0.05, 0.1) is 12.2 Å². The van der Waals surface area contributed by atoms with E-state index in [0.717, 1.165) is 12.8 Å². The lowest BCUT2D eigenvalue weighted by Gasteiger charge is -2.16. The van der Waals surface area contributed by atoms with E-state index >= 15 is 0 Å². The topological polar surface area (TPSA) is 65.0 Å². The minimum Gasteiger partial charge on any atom is -0.450 e. The van der Waals surface area contributed by atoms with E-state index < -0.39 is 30.6 Å². The quantitative estimate of drug-likeness (QED) is 0.617. The van der Waals surface area contributed by atoms with Gasteiger partial charge in [-0.2, -0.15) is 0 Å². The number of hydrogen-bond acceptors (Lipinski definition) is 5. The van der Waals surface area contributed by atoms with Gasteiger partial charge in [-0.1, -0.05) is 31.5 Å². The van der Waals surface area contributed by atoms with Crippen LogP contribution in [0.25, 0.3) is 0 Å². The summed E-state index contributed by atoms with van der Waals surface area (Å²) in [6.45, 7) is 2.56. The fraction of sp³-hybridized carbons (Fsp3) is 0.562. The standard InChI is InChI=1S/C16H21FO5/c1-2-3-9-20-10-12-13(17)14(16(19)21-12)22-15(18)11-7-5-4-6-8-11/h4-8,12-14,16,19H,2-3,9-10H2,1H3/t12-,13-,14-,16+/m1/s1. The third-order valence-electron chi connectivity index (χ3n) is 3.44. The first-order chi connectivity index (χ1) is 10.6. The second-order valence-electron chi connectivity index (χ2n) is 5.17. The summed E-state index contributed by atoms with van der Waals surface area (Å²) in [5.41, 5.74) is 0.296. The van der Waals surface area contributed by atoms with Gasteiger partial charge in [0, 0.05) is 6.61 Å². The second kappa shape index (κ2) is 8.22. The smallest absolute Gasteiger partial charge is 0.338 e. The average Bonchev–Trinajstić information content (AvgIpc) is 2.80. The van der Waals surface area contributed by atoms with E-state index in [1.807, 2.05) is 6.92 Å². The van der Waals surface area contributed by atoms with Crippen molar-refractivity contribution in [1.29, 1.82) is 0 Å². The highest BCUT2D eigenvalue weighted by Crippen LogP contribution is 2.26. The van der Waals surface area contributed by atoms with Gasteiger partial charge in [0.15, 0.2) is 18.6 Å². The van der Waals surface area contributed by atoms with Crippen LogP contribution < -0.4 is 0 Å². The highest BCUT2D eigenvalue weighted by molar-refractivity contribution is 5.89. The Morgan fingerprint density at radius 2 is 2.09 bits per heavy atom. The van der Waals surface area contributed by atoms with Crippen molar-refractivity contribution < 1.29 is 28.5 Å². The molecular weight excluding hydrogens is 291 g/mol. The number of hydrogen-bond donors (Lipinski definition) is 1. The number of halogens is 1. The molecule has 0 spiro atoms. The summed E-state index contributed by atoms with van der Waals surface area (Å²) in [4.78, 5) is 11.9. The molecule has 2 rings (SSSR count). The molecule has 1 aliphatic heterocycles. The number of esters is 1. The van der Waals surface area contributed by atoms with Crippen LogP contribution in [0, 0.1) is 0 Å². The Labute approximate surface area is 129 Å². The van der Waals surface area contributed by atoms with E-state index in [4.69, 9.17) is 14.2 Å². The Balaban J connectivity index is 1.87. The molecule has 0 unspecified atom stereocenters. The van der Waals surface area contributed by atoms with Crippen molar-refractivity contribution >= 4 is 5.97 Å². The fourth-order valence-electron chi connectivity index (χ4n) is 2.17. The molecule has 22 heavy (non-hydrogen) atoms. The molecule has 4 atom stereocenters. The molecule has 0 aliphatic carbocycles. The van der Waals surface area contributed by atoms with Crippen molar-refractivity contribution in [3.05, 3.63) is 35.9 Å². The van der Waals surface area contributed by atoms with Gasteiger partial charge in [0.1, 0.15) is 6.10 Å². The van der Waals surface area contributed by atoms with Crippen LogP contribution in [-0.4, -0.2) is 49.0 Å². The zero-order chi connectivity index (χ0) is 15.9. The number of unbranched alkanes of at least 4 members (excludes halogenated alkanes) is 1. The molecule has 1 aromatic carbocycles. The molecule has 1 N–H and O–H groups in total. The Bertz CT molecular complexity index is 467. The summed E-state index contributed by atoms with van der Waals surface area (Å²) in [6.07, 6.45) is -3.52. The van der Waals surface area contributed by atoms with Crippen molar-refractivity contribution in [2.45, 2.75) is 44.4 Å². The Hall–Kier alpha value is -1.50. The summed E-state index contributed by atoms with van der Waals surface area (Å²) < 4.78 is 29.7. The summed E-state index contributed by atoms with van der Waals surface area (Å²) in [5.74, 6) is -0.691. The lowest BCUT2D eigenvalue weighted by Crippen LogP contribution is -2.35. The first-order valence-electron chi connectivity index (χ1n) is 7.45.